The number of imidazole rings is 2. The number of hydrogen-bond acceptors (Lipinski definition) is 2. The van der Waals surface area contributed by atoms with E-state index in [9.17, 15) is 0 Å². The van der Waals surface area contributed by atoms with Crippen LogP contribution in [0.25, 0.3) is 11.0 Å². The molecule has 104 valence electrons. The molecule has 0 amide bonds. The van der Waals surface area contributed by atoms with Crippen LogP contribution in [0.4, 0.5) is 0 Å². The number of rotatable bonds is 4. The summed E-state index contributed by atoms with van der Waals surface area (Å²) >= 11 is 9.53. The lowest BCUT2D eigenvalue weighted by atomic mass is 10.2. The van der Waals surface area contributed by atoms with E-state index in [0.717, 1.165) is 27.9 Å². The molecule has 0 aliphatic rings. The van der Waals surface area contributed by atoms with Gasteiger partial charge >= 0.3 is 0 Å². The SMILES string of the molecule is CC(Cn1ccnc1)n1c(CCl)nc2cc(Br)ccc21. The predicted octanol–water partition coefficient (Wildman–Crippen LogP) is 4.00. The number of aromatic nitrogens is 4. The number of alkyl halides is 1. The maximum atomic E-state index is 6.06. The Bertz CT molecular complexity index is 720. The van der Waals surface area contributed by atoms with Gasteiger partial charge in [0.2, 0.25) is 0 Å². The molecule has 1 unspecified atom stereocenters. The van der Waals surface area contributed by atoms with Crippen LogP contribution in [-0.4, -0.2) is 19.1 Å². The van der Waals surface area contributed by atoms with Crippen molar-refractivity contribution in [2.24, 2.45) is 0 Å². The van der Waals surface area contributed by atoms with Crippen LogP contribution in [0.15, 0.2) is 41.4 Å². The third kappa shape index (κ3) is 2.47. The normalized spacial score (nSPS) is 12.9. The van der Waals surface area contributed by atoms with E-state index < -0.39 is 0 Å². The van der Waals surface area contributed by atoms with E-state index in [2.05, 4.69) is 48.0 Å². The van der Waals surface area contributed by atoms with Crippen LogP contribution in [0.3, 0.4) is 0 Å². The first-order chi connectivity index (χ1) is 9.69. The van der Waals surface area contributed by atoms with Crippen molar-refractivity contribution in [1.82, 2.24) is 19.1 Å². The van der Waals surface area contributed by atoms with Crippen molar-refractivity contribution >= 4 is 38.6 Å². The maximum Gasteiger partial charge on any atom is 0.125 e. The lowest BCUT2D eigenvalue weighted by Gasteiger charge is -2.17. The maximum absolute atomic E-state index is 6.06. The third-order valence-corrected chi connectivity index (χ3v) is 4.05. The highest BCUT2D eigenvalue weighted by molar-refractivity contribution is 9.10. The first-order valence-corrected chi connectivity index (χ1v) is 7.70. The second kappa shape index (κ2) is 5.58. The first-order valence-electron chi connectivity index (χ1n) is 6.37. The summed E-state index contributed by atoms with van der Waals surface area (Å²) in [6.07, 6.45) is 5.58. The Morgan fingerprint density at radius 2 is 2.25 bits per heavy atom. The fourth-order valence-corrected chi connectivity index (χ4v) is 3.03. The number of benzene rings is 1. The van der Waals surface area contributed by atoms with Crippen LogP contribution in [0, 0.1) is 0 Å². The van der Waals surface area contributed by atoms with Gasteiger partial charge in [0.25, 0.3) is 0 Å². The first kappa shape index (κ1) is 13.6. The van der Waals surface area contributed by atoms with Crippen LogP contribution in [-0.2, 0) is 12.4 Å². The molecule has 0 aliphatic carbocycles. The molecule has 0 aliphatic heterocycles. The van der Waals surface area contributed by atoms with E-state index in [0.29, 0.717) is 5.88 Å². The van der Waals surface area contributed by atoms with Gasteiger partial charge in [0.15, 0.2) is 0 Å². The summed E-state index contributed by atoms with van der Waals surface area (Å²) in [5.41, 5.74) is 2.07. The highest BCUT2D eigenvalue weighted by Gasteiger charge is 2.15. The van der Waals surface area contributed by atoms with Crippen LogP contribution in [0.1, 0.15) is 18.8 Å². The van der Waals surface area contributed by atoms with E-state index in [1.807, 2.05) is 24.7 Å². The molecule has 2 aromatic heterocycles. The summed E-state index contributed by atoms with van der Waals surface area (Å²) in [5, 5.41) is 0. The zero-order chi connectivity index (χ0) is 14.1. The van der Waals surface area contributed by atoms with Gasteiger partial charge < -0.3 is 9.13 Å². The topological polar surface area (TPSA) is 35.6 Å². The molecule has 20 heavy (non-hydrogen) atoms. The van der Waals surface area contributed by atoms with Crippen molar-refractivity contribution in [3.63, 3.8) is 0 Å². The Labute approximate surface area is 130 Å². The summed E-state index contributed by atoms with van der Waals surface area (Å²) in [5.74, 6) is 1.30. The summed E-state index contributed by atoms with van der Waals surface area (Å²) in [6.45, 7) is 3.00. The molecule has 0 spiro atoms. The van der Waals surface area contributed by atoms with Gasteiger partial charge in [-0.15, -0.1) is 11.6 Å². The lowest BCUT2D eigenvalue weighted by Crippen LogP contribution is -2.14. The van der Waals surface area contributed by atoms with E-state index >= 15 is 0 Å². The highest BCUT2D eigenvalue weighted by atomic mass is 79.9. The van der Waals surface area contributed by atoms with Crippen LogP contribution >= 0.6 is 27.5 Å². The molecule has 0 saturated heterocycles. The molecule has 3 aromatic rings. The minimum absolute atomic E-state index is 0.254. The number of hydrogen-bond donors (Lipinski definition) is 0. The number of fused-ring (bicyclic) bond motifs is 1. The summed E-state index contributed by atoms with van der Waals surface area (Å²) in [4.78, 5) is 8.70. The smallest absolute Gasteiger partial charge is 0.125 e. The van der Waals surface area contributed by atoms with Crippen molar-refractivity contribution < 1.29 is 0 Å². The van der Waals surface area contributed by atoms with Gasteiger partial charge in [-0.2, -0.15) is 0 Å². The van der Waals surface area contributed by atoms with Gasteiger partial charge in [0.05, 0.1) is 29.3 Å². The molecule has 0 radical (unpaired) electrons. The lowest BCUT2D eigenvalue weighted by molar-refractivity contribution is 0.464. The minimum Gasteiger partial charge on any atom is -0.335 e. The van der Waals surface area contributed by atoms with E-state index in [1.54, 1.807) is 6.20 Å². The predicted molar refractivity (Wildman–Crippen MR) is 83.9 cm³/mol. The second-order valence-corrected chi connectivity index (χ2v) is 5.96. The van der Waals surface area contributed by atoms with Crippen molar-refractivity contribution in [3.05, 3.63) is 47.2 Å². The largest absolute Gasteiger partial charge is 0.335 e. The van der Waals surface area contributed by atoms with Gasteiger partial charge in [-0.1, -0.05) is 15.9 Å². The molecule has 6 heteroatoms. The van der Waals surface area contributed by atoms with E-state index in [1.165, 1.54) is 0 Å². The van der Waals surface area contributed by atoms with Gasteiger partial charge in [0, 0.05) is 23.4 Å². The quantitative estimate of drug-likeness (QED) is 0.665. The van der Waals surface area contributed by atoms with Crippen molar-refractivity contribution in [2.45, 2.75) is 25.4 Å². The molecule has 2 heterocycles. The van der Waals surface area contributed by atoms with Crippen molar-refractivity contribution in [2.75, 3.05) is 0 Å². The Morgan fingerprint density at radius 3 is 2.95 bits per heavy atom. The number of halogens is 2. The van der Waals surface area contributed by atoms with Crippen molar-refractivity contribution in [1.29, 1.82) is 0 Å². The zero-order valence-electron chi connectivity index (χ0n) is 11.0. The zero-order valence-corrected chi connectivity index (χ0v) is 13.3. The highest BCUT2D eigenvalue weighted by Crippen LogP contribution is 2.25. The molecule has 0 fully saturated rings. The van der Waals surface area contributed by atoms with Gasteiger partial charge in [-0.05, 0) is 25.1 Å². The van der Waals surface area contributed by atoms with Crippen LogP contribution in [0.2, 0.25) is 0 Å². The molecular formula is C14H14BrClN4. The molecule has 0 bridgehead atoms. The Hall–Kier alpha value is -1.33. The van der Waals surface area contributed by atoms with Gasteiger partial charge in [-0.25, -0.2) is 9.97 Å². The molecule has 1 atom stereocenters. The Kier molecular flexibility index (Phi) is 3.81. The Morgan fingerprint density at radius 1 is 1.40 bits per heavy atom. The molecule has 1 aromatic carbocycles. The minimum atomic E-state index is 0.254. The van der Waals surface area contributed by atoms with E-state index in [4.69, 9.17) is 11.6 Å². The van der Waals surface area contributed by atoms with Crippen molar-refractivity contribution in [3.8, 4) is 0 Å². The van der Waals surface area contributed by atoms with Crippen LogP contribution in [0.5, 0.6) is 0 Å². The van der Waals surface area contributed by atoms with Gasteiger partial charge in [0.1, 0.15) is 5.82 Å². The van der Waals surface area contributed by atoms with E-state index in [-0.39, 0.29) is 6.04 Å². The average molecular weight is 354 g/mol. The molecule has 3 rings (SSSR count). The molecule has 0 N–H and O–H groups in total. The molecular weight excluding hydrogens is 340 g/mol. The fraction of sp³-hybridized carbons (Fsp3) is 0.286. The fourth-order valence-electron chi connectivity index (χ4n) is 2.49. The average Bonchev–Trinajstić information content (AvgIpc) is 3.04. The molecule has 0 saturated carbocycles. The number of nitrogens with zero attached hydrogens (tertiary/aromatic N) is 4. The van der Waals surface area contributed by atoms with Crippen LogP contribution < -0.4 is 0 Å². The summed E-state index contributed by atoms with van der Waals surface area (Å²) in [7, 11) is 0. The monoisotopic (exact) mass is 352 g/mol. The van der Waals surface area contributed by atoms with Gasteiger partial charge in [-0.3, -0.25) is 0 Å². The molecule has 4 nitrogen and oxygen atoms in total. The summed E-state index contributed by atoms with van der Waals surface area (Å²) in [6, 6.07) is 6.38. The second-order valence-electron chi connectivity index (χ2n) is 4.77. The standard InChI is InChI=1S/C14H14BrClN4/c1-10(8-19-5-4-17-9-19)20-13-3-2-11(15)6-12(13)18-14(20)7-16/h2-6,9-10H,7-8H2,1H3. The Balaban J connectivity index is 2.04. The summed E-state index contributed by atoms with van der Waals surface area (Å²) < 4.78 is 5.29. The third-order valence-electron chi connectivity index (χ3n) is 3.32.